The predicted octanol–water partition coefficient (Wildman–Crippen LogP) is 2.91. The van der Waals surface area contributed by atoms with E-state index in [4.69, 9.17) is 9.47 Å². The molecule has 0 N–H and O–H groups in total. The highest BCUT2D eigenvalue weighted by atomic mass is 16.6. The molecular weight excluding hydrogens is 348 g/mol. The number of benzene rings is 2. The highest BCUT2D eigenvalue weighted by molar-refractivity contribution is 6.12. The summed E-state index contributed by atoms with van der Waals surface area (Å²) < 4.78 is 11.5. The number of carbonyl (C=O) groups excluding carboxylic acids is 1. The highest BCUT2D eigenvalue weighted by Gasteiger charge is 2.34. The molecule has 27 heavy (non-hydrogen) atoms. The van der Waals surface area contributed by atoms with Gasteiger partial charge in [0.15, 0.2) is 12.0 Å². The van der Waals surface area contributed by atoms with Gasteiger partial charge in [-0.3, -0.25) is 19.8 Å². The van der Waals surface area contributed by atoms with Gasteiger partial charge in [-0.25, -0.2) is 0 Å². The maximum Gasteiger partial charge on any atom is 0.270 e. The molecule has 1 fully saturated rings. The number of rotatable bonds is 4. The smallest absolute Gasteiger partial charge is 0.270 e. The molecule has 0 bridgehead atoms. The number of hydrogen-bond acceptors (Lipinski definition) is 6. The zero-order chi connectivity index (χ0) is 18.8. The second-order valence-electron chi connectivity index (χ2n) is 6.39. The number of non-ortho nitro benzene ring substituents is 1. The maximum absolute atomic E-state index is 13.1. The minimum atomic E-state index is -0.546. The molecular formula is C20H18N2O5. The van der Waals surface area contributed by atoms with Crippen molar-refractivity contribution in [3.05, 3.63) is 75.3 Å². The molecule has 0 aliphatic carbocycles. The van der Waals surface area contributed by atoms with Crippen molar-refractivity contribution in [2.45, 2.75) is 6.23 Å². The van der Waals surface area contributed by atoms with Crippen molar-refractivity contribution in [3.63, 3.8) is 0 Å². The van der Waals surface area contributed by atoms with Crippen molar-refractivity contribution < 1.29 is 19.2 Å². The first-order chi connectivity index (χ1) is 13.1. The zero-order valence-corrected chi connectivity index (χ0v) is 14.5. The third-order valence-electron chi connectivity index (χ3n) is 4.70. The zero-order valence-electron chi connectivity index (χ0n) is 14.5. The number of hydrogen-bond donors (Lipinski definition) is 0. The lowest BCUT2D eigenvalue weighted by atomic mass is 9.96. The van der Waals surface area contributed by atoms with Crippen LogP contribution in [0.1, 0.15) is 15.9 Å². The van der Waals surface area contributed by atoms with Crippen LogP contribution in [-0.4, -0.2) is 48.1 Å². The largest absolute Gasteiger partial charge is 0.470 e. The molecule has 2 aliphatic rings. The summed E-state index contributed by atoms with van der Waals surface area (Å²) in [5.74, 6) is 0.381. The number of nitro groups is 1. The van der Waals surface area contributed by atoms with Gasteiger partial charge in [0.1, 0.15) is 5.75 Å². The molecule has 1 unspecified atom stereocenters. The SMILES string of the molecule is O=C(C1=Cc2cc([N+](=O)[O-])ccc2OC1N1CCOCC1)c1ccccc1. The number of nitrogens with zero attached hydrogens (tertiary/aromatic N) is 2. The summed E-state index contributed by atoms with van der Waals surface area (Å²) in [6.07, 6.45) is 1.16. The van der Waals surface area contributed by atoms with Gasteiger partial charge in [-0.1, -0.05) is 30.3 Å². The molecule has 0 radical (unpaired) electrons. The van der Waals surface area contributed by atoms with Gasteiger partial charge in [-0.2, -0.15) is 0 Å². The fourth-order valence-electron chi connectivity index (χ4n) is 3.31. The Morgan fingerprint density at radius 3 is 2.56 bits per heavy atom. The monoisotopic (exact) mass is 366 g/mol. The van der Waals surface area contributed by atoms with Gasteiger partial charge in [-0.15, -0.1) is 0 Å². The summed E-state index contributed by atoms with van der Waals surface area (Å²) >= 11 is 0. The van der Waals surface area contributed by atoms with Crippen LogP contribution in [0.15, 0.2) is 54.1 Å². The van der Waals surface area contributed by atoms with Gasteiger partial charge in [0.25, 0.3) is 5.69 Å². The molecule has 1 saturated heterocycles. The molecule has 0 aromatic heterocycles. The van der Waals surface area contributed by atoms with Gasteiger partial charge in [0.05, 0.1) is 23.7 Å². The van der Waals surface area contributed by atoms with E-state index in [0.717, 1.165) is 0 Å². The molecule has 7 nitrogen and oxygen atoms in total. The van der Waals surface area contributed by atoms with Crippen LogP contribution in [0.3, 0.4) is 0 Å². The van der Waals surface area contributed by atoms with Crippen molar-refractivity contribution in [1.29, 1.82) is 0 Å². The topological polar surface area (TPSA) is 81.9 Å². The van der Waals surface area contributed by atoms with Gasteiger partial charge in [0.2, 0.25) is 0 Å². The number of Topliss-reactive ketones (excluding diaryl/α,β-unsaturated/α-hetero) is 1. The lowest BCUT2D eigenvalue weighted by Gasteiger charge is -2.37. The number of fused-ring (bicyclic) bond motifs is 1. The Bertz CT molecular complexity index is 904. The van der Waals surface area contributed by atoms with Crippen molar-refractivity contribution >= 4 is 17.5 Å². The van der Waals surface area contributed by atoms with E-state index in [1.54, 1.807) is 36.4 Å². The third kappa shape index (κ3) is 3.47. The van der Waals surface area contributed by atoms with Crippen LogP contribution < -0.4 is 4.74 Å². The van der Waals surface area contributed by atoms with Gasteiger partial charge >= 0.3 is 0 Å². The maximum atomic E-state index is 13.1. The standard InChI is InChI=1S/C20H18N2O5/c23-19(14-4-2-1-3-5-14)17-13-15-12-16(22(24)25)6-7-18(15)27-20(17)21-8-10-26-11-9-21/h1-7,12-13,20H,8-11H2. The Balaban J connectivity index is 1.76. The summed E-state index contributed by atoms with van der Waals surface area (Å²) in [5, 5.41) is 11.1. The molecule has 4 rings (SSSR count). The minimum Gasteiger partial charge on any atom is -0.470 e. The van der Waals surface area contributed by atoms with E-state index in [9.17, 15) is 14.9 Å². The molecule has 0 amide bonds. The second kappa shape index (κ2) is 7.30. The molecule has 0 spiro atoms. The fourth-order valence-corrected chi connectivity index (χ4v) is 3.31. The van der Waals surface area contributed by atoms with Gasteiger partial charge in [-0.05, 0) is 12.1 Å². The van der Waals surface area contributed by atoms with E-state index in [1.165, 1.54) is 12.1 Å². The second-order valence-corrected chi connectivity index (χ2v) is 6.39. The molecule has 2 aromatic carbocycles. The lowest BCUT2D eigenvalue weighted by molar-refractivity contribution is -0.384. The van der Waals surface area contributed by atoms with E-state index in [0.29, 0.717) is 48.8 Å². The van der Waals surface area contributed by atoms with Crippen LogP contribution in [0.25, 0.3) is 6.08 Å². The first kappa shape index (κ1) is 17.4. The molecule has 2 heterocycles. The van der Waals surface area contributed by atoms with Crippen LogP contribution >= 0.6 is 0 Å². The van der Waals surface area contributed by atoms with Crippen LogP contribution in [0.4, 0.5) is 5.69 Å². The lowest BCUT2D eigenvalue weighted by Crippen LogP contribution is -2.49. The van der Waals surface area contributed by atoms with E-state index in [1.807, 2.05) is 6.07 Å². The molecule has 0 saturated carbocycles. The fraction of sp³-hybridized carbons (Fsp3) is 0.250. The van der Waals surface area contributed by atoms with E-state index in [2.05, 4.69) is 4.90 Å². The van der Waals surface area contributed by atoms with Crippen molar-refractivity contribution in [2.75, 3.05) is 26.3 Å². The van der Waals surface area contributed by atoms with E-state index < -0.39 is 11.2 Å². The summed E-state index contributed by atoms with van der Waals surface area (Å²) in [5.41, 5.74) is 1.52. The summed E-state index contributed by atoms with van der Waals surface area (Å²) in [7, 11) is 0. The first-order valence-corrected chi connectivity index (χ1v) is 8.72. The van der Waals surface area contributed by atoms with E-state index in [-0.39, 0.29) is 11.5 Å². The van der Waals surface area contributed by atoms with Gasteiger partial charge in [0, 0.05) is 36.3 Å². The molecule has 2 aliphatic heterocycles. The Labute approximate surface area is 156 Å². The summed E-state index contributed by atoms with van der Waals surface area (Å²) in [4.78, 5) is 25.8. The summed E-state index contributed by atoms with van der Waals surface area (Å²) in [6, 6.07) is 13.4. The number of nitro benzene ring substituents is 1. The minimum absolute atomic E-state index is 0.0371. The average molecular weight is 366 g/mol. The van der Waals surface area contributed by atoms with Crippen molar-refractivity contribution in [3.8, 4) is 5.75 Å². The highest BCUT2D eigenvalue weighted by Crippen LogP contribution is 2.35. The first-order valence-electron chi connectivity index (χ1n) is 8.72. The Morgan fingerprint density at radius 1 is 1.11 bits per heavy atom. The van der Waals surface area contributed by atoms with Crippen LogP contribution in [0, 0.1) is 10.1 Å². The quantitative estimate of drug-likeness (QED) is 0.470. The Morgan fingerprint density at radius 2 is 1.85 bits per heavy atom. The molecule has 138 valence electrons. The Kier molecular flexibility index (Phi) is 4.70. The van der Waals surface area contributed by atoms with Crippen LogP contribution in [0.5, 0.6) is 5.75 Å². The number of ether oxygens (including phenoxy) is 2. The normalized spacial score (nSPS) is 19.6. The van der Waals surface area contributed by atoms with Gasteiger partial charge < -0.3 is 9.47 Å². The summed E-state index contributed by atoms with van der Waals surface area (Å²) in [6.45, 7) is 2.43. The molecule has 1 atom stereocenters. The Hall–Kier alpha value is -3.03. The number of carbonyl (C=O) groups is 1. The predicted molar refractivity (Wildman–Crippen MR) is 98.7 cm³/mol. The van der Waals surface area contributed by atoms with Crippen molar-refractivity contribution in [1.82, 2.24) is 4.90 Å². The number of ketones is 1. The number of morpholine rings is 1. The molecule has 7 heteroatoms. The third-order valence-corrected chi connectivity index (χ3v) is 4.70. The molecule has 2 aromatic rings. The average Bonchev–Trinajstić information content (AvgIpc) is 2.73. The van der Waals surface area contributed by atoms with Crippen molar-refractivity contribution in [2.24, 2.45) is 0 Å². The van der Waals surface area contributed by atoms with Crippen LogP contribution in [-0.2, 0) is 4.74 Å². The van der Waals surface area contributed by atoms with E-state index >= 15 is 0 Å². The van der Waals surface area contributed by atoms with Crippen LogP contribution in [0.2, 0.25) is 0 Å².